The monoisotopic (exact) mass is 289 g/mol. The minimum Gasteiger partial charge on any atom is -0.397 e. The van der Waals surface area contributed by atoms with Gasteiger partial charge in [0.1, 0.15) is 5.02 Å². The lowest BCUT2D eigenvalue weighted by Crippen LogP contribution is -2.28. The maximum Gasteiger partial charge on any atom is 0.169 e. The van der Waals surface area contributed by atoms with E-state index < -0.39 is 11.9 Å². The summed E-state index contributed by atoms with van der Waals surface area (Å²) in [7, 11) is 0. The first-order valence-corrected chi connectivity index (χ1v) is 6.74. The number of nitrogen functional groups attached to an aromatic ring is 2. The number of anilines is 3. The summed E-state index contributed by atoms with van der Waals surface area (Å²) in [5, 5.41) is 12.6. The van der Waals surface area contributed by atoms with E-state index in [0.29, 0.717) is 0 Å². The topological polar surface area (TPSA) is 84.3 Å². The van der Waals surface area contributed by atoms with Crippen molar-refractivity contribution in [3.8, 4) is 0 Å². The second-order valence-electron chi connectivity index (χ2n) is 4.58. The van der Waals surface area contributed by atoms with Crippen molar-refractivity contribution in [1.82, 2.24) is 0 Å². The van der Waals surface area contributed by atoms with Crippen LogP contribution in [-0.4, -0.2) is 17.8 Å². The van der Waals surface area contributed by atoms with Crippen LogP contribution in [0.5, 0.6) is 0 Å². The zero-order valence-corrected chi connectivity index (χ0v) is 12.0. The van der Waals surface area contributed by atoms with Crippen molar-refractivity contribution < 1.29 is 9.50 Å². The van der Waals surface area contributed by atoms with Crippen LogP contribution >= 0.6 is 11.6 Å². The maximum absolute atomic E-state index is 13.9. The molecule has 1 rings (SSSR count). The number of halogens is 2. The molecular formula is C13H21ClFN3O. The van der Waals surface area contributed by atoms with Gasteiger partial charge in [0.2, 0.25) is 0 Å². The summed E-state index contributed by atoms with van der Waals surface area (Å²) in [6.45, 7) is 4.23. The highest BCUT2D eigenvalue weighted by Gasteiger charge is 2.18. The van der Waals surface area contributed by atoms with Gasteiger partial charge in [0.15, 0.2) is 5.82 Å². The highest BCUT2D eigenvalue weighted by atomic mass is 35.5. The number of aliphatic hydroxyl groups excluding tert-OH is 1. The van der Waals surface area contributed by atoms with Gasteiger partial charge in [-0.2, -0.15) is 0 Å². The van der Waals surface area contributed by atoms with E-state index in [1.807, 2.05) is 13.8 Å². The quantitative estimate of drug-likeness (QED) is 0.607. The molecule has 0 saturated carbocycles. The summed E-state index contributed by atoms with van der Waals surface area (Å²) in [4.78, 5) is 0. The molecule has 0 amide bonds. The summed E-state index contributed by atoms with van der Waals surface area (Å²) < 4.78 is 13.9. The third-order valence-electron chi connectivity index (χ3n) is 3.35. The van der Waals surface area contributed by atoms with Gasteiger partial charge in [-0.1, -0.05) is 38.3 Å². The molecule has 4 nitrogen and oxygen atoms in total. The van der Waals surface area contributed by atoms with Crippen LogP contribution in [0.1, 0.15) is 26.7 Å². The Morgan fingerprint density at radius 1 is 1.32 bits per heavy atom. The van der Waals surface area contributed by atoms with Crippen molar-refractivity contribution in [1.29, 1.82) is 0 Å². The van der Waals surface area contributed by atoms with Gasteiger partial charge < -0.3 is 21.9 Å². The predicted octanol–water partition coefficient (Wildman–Crippen LogP) is 2.85. The van der Waals surface area contributed by atoms with E-state index in [0.717, 1.165) is 12.8 Å². The zero-order valence-electron chi connectivity index (χ0n) is 11.2. The van der Waals surface area contributed by atoms with E-state index >= 15 is 0 Å². The Kier molecular flexibility index (Phi) is 5.69. The van der Waals surface area contributed by atoms with Crippen LogP contribution in [0.15, 0.2) is 6.07 Å². The smallest absolute Gasteiger partial charge is 0.169 e. The molecule has 0 heterocycles. The Morgan fingerprint density at radius 3 is 2.42 bits per heavy atom. The van der Waals surface area contributed by atoms with Gasteiger partial charge in [0.25, 0.3) is 0 Å². The molecule has 1 aromatic rings. The molecule has 0 saturated heterocycles. The average molecular weight is 290 g/mol. The fraction of sp³-hybridized carbons (Fsp3) is 0.538. The lowest BCUT2D eigenvalue weighted by Gasteiger charge is -2.22. The largest absolute Gasteiger partial charge is 0.397 e. The van der Waals surface area contributed by atoms with E-state index in [2.05, 4.69) is 5.32 Å². The maximum atomic E-state index is 13.9. The van der Waals surface area contributed by atoms with Gasteiger partial charge in [0, 0.05) is 6.54 Å². The van der Waals surface area contributed by atoms with Crippen molar-refractivity contribution in [3.05, 3.63) is 16.9 Å². The van der Waals surface area contributed by atoms with Gasteiger partial charge in [-0.15, -0.1) is 0 Å². The molecule has 0 bridgehead atoms. The molecule has 6 N–H and O–H groups in total. The number of nitrogens with one attached hydrogen (secondary N) is 1. The Hall–Kier alpha value is -1.20. The third-order valence-corrected chi connectivity index (χ3v) is 3.73. The molecule has 0 spiro atoms. The van der Waals surface area contributed by atoms with Crippen LogP contribution in [0.4, 0.5) is 21.5 Å². The molecule has 108 valence electrons. The van der Waals surface area contributed by atoms with Crippen LogP contribution in [0, 0.1) is 11.7 Å². The molecule has 0 fully saturated rings. The Balaban J connectivity index is 2.81. The van der Waals surface area contributed by atoms with Crippen LogP contribution < -0.4 is 16.8 Å². The van der Waals surface area contributed by atoms with Crippen LogP contribution in [0.25, 0.3) is 0 Å². The van der Waals surface area contributed by atoms with Crippen molar-refractivity contribution in [2.45, 2.75) is 32.8 Å². The lowest BCUT2D eigenvalue weighted by molar-refractivity contribution is 0.114. The predicted molar refractivity (Wildman–Crippen MR) is 78.8 cm³/mol. The Bertz CT molecular complexity index is 438. The molecule has 0 aliphatic carbocycles. The summed E-state index contributed by atoms with van der Waals surface area (Å²) >= 11 is 5.73. The molecular weight excluding hydrogens is 269 g/mol. The molecule has 6 heteroatoms. The first-order chi connectivity index (χ1) is 8.92. The molecule has 0 aromatic heterocycles. The molecule has 0 aliphatic rings. The highest BCUT2D eigenvalue weighted by Crippen LogP contribution is 2.33. The van der Waals surface area contributed by atoms with Crippen LogP contribution in [0.3, 0.4) is 0 Å². The zero-order chi connectivity index (χ0) is 14.6. The summed E-state index contributed by atoms with van der Waals surface area (Å²) in [5.41, 5.74) is 11.6. The van der Waals surface area contributed by atoms with E-state index in [-0.39, 0.29) is 34.5 Å². The number of nitrogens with two attached hydrogens (primary N) is 2. The fourth-order valence-corrected chi connectivity index (χ4v) is 2.20. The van der Waals surface area contributed by atoms with Crippen LogP contribution in [-0.2, 0) is 0 Å². The number of benzene rings is 1. The first-order valence-electron chi connectivity index (χ1n) is 6.37. The second kappa shape index (κ2) is 6.82. The van der Waals surface area contributed by atoms with E-state index in [4.69, 9.17) is 23.1 Å². The Morgan fingerprint density at radius 2 is 1.89 bits per heavy atom. The van der Waals surface area contributed by atoms with Crippen molar-refractivity contribution in [2.24, 2.45) is 5.92 Å². The highest BCUT2D eigenvalue weighted by molar-refractivity contribution is 6.33. The Labute approximate surface area is 117 Å². The van der Waals surface area contributed by atoms with Gasteiger partial charge in [-0.25, -0.2) is 4.39 Å². The molecule has 0 radical (unpaired) electrons. The van der Waals surface area contributed by atoms with Crippen LogP contribution in [0.2, 0.25) is 5.02 Å². The molecule has 1 atom stereocenters. The standard InChI is InChI=1S/C13H21ClFN3O/c1-3-7(4-2)10(19)6-18-13-9(17)5-8(16)11(14)12(13)15/h5,7,10,18-19H,3-4,6,16-17H2,1-2H3. The third kappa shape index (κ3) is 3.64. The number of hydrogen-bond donors (Lipinski definition) is 4. The number of aliphatic hydroxyl groups is 1. The average Bonchev–Trinajstić information content (AvgIpc) is 2.37. The normalized spacial score (nSPS) is 12.7. The number of hydrogen-bond acceptors (Lipinski definition) is 4. The second-order valence-corrected chi connectivity index (χ2v) is 4.96. The summed E-state index contributed by atoms with van der Waals surface area (Å²) in [5.74, 6) is -0.517. The van der Waals surface area contributed by atoms with E-state index in [1.54, 1.807) is 0 Å². The van der Waals surface area contributed by atoms with Crippen molar-refractivity contribution in [3.63, 3.8) is 0 Å². The molecule has 1 unspecified atom stereocenters. The SMILES string of the molecule is CCC(CC)C(O)CNc1c(N)cc(N)c(Cl)c1F. The van der Waals surface area contributed by atoms with Crippen molar-refractivity contribution >= 4 is 28.7 Å². The van der Waals surface area contributed by atoms with Gasteiger partial charge >= 0.3 is 0 Å². The summed E-state index contributed by atoms with van der Waals surface area (Å²) in [6.07, 6.45) is 1.16. The summed E-state index contributed by atoms with van der Waals surface area (Å²) in [6, 6.07) is 1.40. The van der Waals surface area contributed by atoms with Gasteiger partial charge in [0.05, 0.1) is 23.2 Å². The molecule has 1 aromatic carbocycles. The number of rotatable bonds is 6. The minimum absolute atomic E-state index is 0.0872. The van der Waals surface area contributed by atoms with Gasteiger partial charge in [-0.05, 0) is 12.0 Å². The minimum atomic E-state index is -0.684. The molecule has 0 aliphatic heterocycles. The fourth-order valence-electron chi connectivity index (χ4n) is 2.05. The van der Waals surface area contributed by atoms with Crippen molar-refractivity contribution in [2.75, 3.05) is 23.3 Å². The van der Waals surface area contributed by atoms with Gasteiger partial charge in [-0.3, -0.25) is 0 Å². The van der Waals surface area contributed by atoms with E-state index in [1.165, 1.54) is 6.07 Å². The molecule has 19 heavy (non-hydrogen) atoms. The lowest BCUT2D eigenvalue weighted by atomic mass is 9.96. The van der Waals surface area contributed by atoms with E-state index in [9.17, 15) is 9.50 Å². The first kappa shape index (κ1) is 15.9.